The van der Waals surface area contributed by atoms with Crippen molar-refractivity contribution < 1.29 is 14.3 Å². The Kier molecular flexibility index (Phi) is 6.90. The van der Waals surface area contributed by atoms with Gasteiger partial charge in [-0.2, -0.15) is 0 Å². The number of imide groups is 1. The zero-order valence-corrected chi connectivity index (χ0v) is 24.1. The molecule has 2 aliphatic rings. The third kappa shape index (κ3) is 4.60. The van der Waals surface area contributed by atoms with Gasteiger partial charge in [0, 0.05) is 30.9 Å². The molecule has 1 N–H and O–H groups in total. The van der Waals surface area contributed by atoms with Gasteiger partial charge in [0.2, 0.25) is 11.8 Å². The van der Waals surface area contributed by atoms with Gasteiger partial charge in [-0.1, -0.05) is 74.4 Å². The summed E-state index contributed by atoms with van der Waals surface area (Å²) in [5.41, 5.74) is 2.01. The molecule has 192 valence electrons. The lowest BCUT2D eigenvalue weighted by Crippen LogP contribution is -2.32. The van der Waals surface area contributed by atoms with Crippen molar-refractivity contribution in [1.29, 1.82) is 0 Å². The van der Waals surface area contributed by atoms with Crippen molar-refractivity contribution in [3.63, 3.8) is 0 Å². The first-order valence-corrected chi connectivity index (χ1v) is 14.7. The fraction of sp³-hybridized carbons (Fsp3) is 0.148. The summed E-state index contributed by atoms with van der Waals surface area (Å²) >= 11 is 18.2. The molecule has 0 bridgehead atoms. The molecule has 11 heteroatoms. The first kappa shape index (κ1) is 25.7. The number of thioether (sulfide) groups is 1. The van der Waals surface area contributed by atoms with Crippen LogP contribution in [0, 0.1) is 5.92 Å². The molecule has 6 nitrogen and oxygen atoms in total. The number of rotatable bonds is 5. The molecule has 3 heterocycles. The highest BCUT2D eigenvalue weighted by molar-refractivity contribution is 9.10. The SMILES string of the molecule is O=C1C2Sc3[nH]c(=O)sc3[C@H](c3cc(Cl)ccc3OCc3cccc(Cl)c3)C2C(=O)N1c1ccc(Br)cc1. The van der Waals surface area contributed by atoms with Crippen molar-refractivity contribution in [2.45, 2.75) is 22.8 Å². The minimum Gasteiger partial charge on any atom is -0.489 e. The van der Waals surface area contributed by atoms with Crippen LogP contribution in [-0.2, 0) is 16.2 Å². The summed E-state index contributed by atoms with van der Waals surface area (Å²) in [4.78, 5) is 44.6. The van der Waals surface area contributed by atoms with E-state index in [-0.39, 0.29) is 23.3 Å². The zero-order valence-electron chi connectivity index (χ0n) is 19.3. The van der Waals surface area contributed by atoms with E-state index in [4.69, 9.17) is 27.9 Å². The van der Waals surface area contributed by atoms with Crippen LogP contribution in [0.2, 0.25) is 10.0 Å². The fourth-order valence-corrected chi connectivity index (χ4v) is 8.04. The van der Waals surface area contributed by atoms with E-state index in [9.17, 15) is 14.4 Å². The van der Waals surface area contributed by atoms with Crippen molar-refractivity contribution in [2.75, 3.05) is 4.90 Å². The normalized spacial score (nSPS) is 20.4. The van der Waals surface area contributed by atoms with E-state index < -0.39 is 17.1 Å². The summed E-state index contributed by atoms with van der Waals surface area (Å²) in [7, 11) is 0. The van der Waals surface area contributed by atoms with E-state index in [1.807, 2.05) is 18.2 Å². The summed E-state index contributed by atoms with van der Waals surface area (Å²) in [5.74, 6) is -1.49. The maximum atomic E-state index is 14.0. The number of nitrogens with zero attached hydrogens (tertiary/aromatic N) is 1. The molecule has 1 fully saturated rings. The Bertz CT molecular complexity index is 1640. The smallest absolute Gasteiger partial charge is 0.305 e. The first-order chi connectivity index (χ1) is 18.3. The molecule has 1 aromatic heterocycles. The molecule has 6 rings (SSSR count). The number of hydrogen-bond donors (Lipinski definition) is 1. The minimum atomic E-state index is -0.748. The molecule has 2 amide bonds. The van der Waals surface area contributed by atoms with E-state index >= 15 is 0 Å². The number of ether oxygens (including phenoxy) is 1. The molecule has 0 radical (unpaired) electrons. The second-order valence-electron chi connectivity index (χ2n) is 8.84. The van der Waals surface area contributed by atoms with Gasteiger partial charge in [-0.15, -0.1) is 0 Å². The lowest BCUT2D eigenvalue weighted by Gasteiger charge is -2.31. The van der Waals surface area contributed by atoms with E-state index in [2.05, 4.69) is 20.9 Å². The quantitative estimate of drug-likeness (QED) is 0.239. The Balaban J connectivity index is 1.45. The van der Waals surface area contributed by atoms with Crippen LogP contribution in [0.5, 0.6) is 5.75 Å². The summed E-state index contributed by atoms with van der Waals surface area (Å²) in [5, 5.41) is 0.926. The van der Waals surface area contributed by atoms with Crippen LogP contribution < -0.4 is 14.5 Å². The summed E-state index contributed by atoms with van der Waals surface area (Å²) in [6.45, 7) is 0.235. The molecule has 0 spiro atoms. The van der Waals surface area contributed by atoms with Crippen LogP contribution in [0.4, 0.5) is 5.69 Å². The summed E-state index contributed by atoms with van der Waals surface area (Å²) < 4.78 is 7.06. The molecule has 0 saturated carbocycles. The zero-order chi connectivity index (χ0) is 26.6. The second-order valence-corrected chi connectivity index (χ2v) is 12.8. The van der Waals surface area contributed by atoms with E-state index in [0.717, 1.165) is 21.4 Å². The molecular weight excluding hydrogens is 631 g/mol. The average molecular weight is 648 g/mol. The van der Waals surface area contributed by atoms with Crippen LogP contribution >= 0.6 is 62.2 Å². The van der Waals surface area contributed by atoms with E-state index in [1.165, 1.54) is 16.7 Å². The summed E-state index contributed by atoms with van der Waals surface area (Å²) in [6.07, 6.45) is 0. The number of H-pyrrole nitrogens is 1. The predicted molar refractivity (Wildman–Crippen MR) is 154 cm³/mol. The minimum absolute atomic E-state index is 0.235. The van der Waals surface area contributed by atoms with E-state index in [1.54, 1.807) is 48.5 Å². The molecule has 2 unspecified atom stereocenters. The van der Waals surface area contributed by atoms with Crippen LogP contribution in [0.25, 0.3) is 0 Å². The number of hydrogen-bond acceptors (Lipinski definition) is 6. The number of aromatic nitrogens is 1. The van der Waals surface area contributed by atoms with Crippen molar-refractivity contribution >= 4 is 79.7 Å². The highest BCUT2D eigenvalue weighted by Gasteiger charge is 2.56. The van der Waals surface area contributed by atoms with Crippen LogP contribution in [0.1, 0.15) is 21.9 Å². The molecule has 38 heavy (non-hydrogen) atoms. The number of carbonyl (C=O) groups is 2. The van der Waals surface area contributed by atoms with Crippen molar-refractivity contribution in [3.05, 3.63) is 107 Å². The molecule has 3 atom stereocenters. The Morgan fingerprint density at radius 2 is 1.71 bits per heavy atom. The monoisotopic (exact) mass is 646 g/mol. The van der Waals surface area contributed by atoms with Gasteiger partial charge in [0.25, 0.3) is 0 Å². The topological polar surface area (TPSA) is 79.5 Å². The number of carbonyl (C=O) groups excluding carboxylic acids is 2. The van der Waals surface area contributed by atoms with Crippen LogP contribution in [0.3, 0.4) is 0 Å². The van der Waals surface area contributed by atoms with Gasteiger partial charge in [0.15, 0.2) is 0 Å². The highest BCUT2D eigenvalue weighted by Crippen LogP contribution is 2.54. The number of amides is 2. The third-order valence-corrected chi connectivity index (χ3v) is 9.90. The molecule has 1 saturated heterocycles. The lowest BCUT2D eigenvalue weighted by atomic mass is 9.82. The fourth-order valence-electron chi connectivity index (χ4n) is 4.88. The Labute approximate surface area is 244 Å². The standard InChI is InChI=1S/C27H17BrCl2N2O4S2/c28-14-4-7-17(8-5-14)32-25(33)21-20(22-24(31-27(35)38-22)37-23(21)26(32)34)18-11-16(30)6-9-19(18)36-12-13-2-1-3-15(29)10-13/h1-11,20-21,23H,12H2,(H,31,35)/t20-,21?,23?/m1/s1. The first-order valence-electron chi connectivity index (χ1n) is 11.5. The van der Waals surface area contributed by atoms with Crippen molar-refractivity contribution in [2.24, 2.45) is 5.92 Å². The van der Waals surface area contributed by atoms with E-state index in [0.29, 0.717) is 36.9 Å². The van der Waals surface area contributed by atoms with Crippen LogP contribution in [0.15, 0.2) is 81.0 Å². The maximum absolute atomic E-state index is 14.0. The highest BCUT2D eigenvalue weighted by atomic mass is 79.9. The molecule has 0 aliphatic carbocycles. The predicted octanol–water partition coefficient (Wildman–Crippen LogP) is 6.88. The number of nitrogens with one attached hydrogen (secondary N) is 1. The van der Waals surface area contributed by atoms with Crippen LogP contribution in [-0.4, -0.2) is 22.0 Å². The largest absolute Gasteiger partial charge is 0.489 e. The van der Waals surface area contributed by atoms with Gasteiger partial charge >= 0.3 is 4.87 Å². The van der Waals surface area contributed by atoms with Gasteiger partial charge < -0.3 is 9.72 Å². The molecule has 3 aromatic carbocycles. The number of thiazole rings is 1. The lowest BCUT2D eigenvalue weighted by molar-refractivity contribution is -0.122. The van der Waals surface area contributed by atoms with Gasteiger partial charge in [-0.05, 0) is 60.2 Å². The number of benzene rings is 3. The second kappa shape index (κ2) is 10.2. The number of aromatic amines is 1. The molecule has 4 aromatic rings. The summed E-state index contributed by atoms with van der Waals surface area (Å²) in [6, 6.07) is 19.6. The average Bonchev–Trinajstić information content (AvgIpc) is 3.38. The van der Waals surface area contributed by atoms with Gasteiger partial charge in [-0.25, -0.2) is 4.90 Å². The Hall–Kier alpha value is -2.56. The number of halogens is 3. The third-order valence-electron chi connectivity index (χ3n) is 6.50. The molecule has 2 aliphatic heterocycles. The number of fused-ring (bicyclic) bond motifs is 2. The van der Waals surface area contributed by atoms with Crippen molar-refractivity contribution in [1.82, 2.24) is 4.98 Å². The van der Waals surface area contributed by atoms with Gasteiger partial charge in [0.05, 0.1) is 16.6 Å². The van der Waals surface area contributed by atoms with Crippen molar-refractivity contribution in [3.8, 4) is 5.75 Å². The van der Waals surface area contributed by atoms with Gasteiger partial charge in [0.1, 0.15) is 17.6 Å². The maximum Gasteiger partial charge on any atom is 0.305 e. The van der Waals surface area contributed by atoms with Gasteiger partial charge in [-0.3, -0.25) is 14.4 Å². The Morgan fingerprint density at radius 3 is 2.47 bits per heavy atom. The number of anilines is 1. The Morgan fingerprint density at radius 1 is 0.947 bits per heavy atom. The molecular formula is C27H17BrCl2N2O4S2.